The Balaban J connectivity index is 1.77. The van der Waals surface area contributed by atoms with Crippen molar-refractivity contribution in [2.45, 2.75) is 44.6 Å². The van der Waals surface area contributed by atoms with E-state index in [4.69, 9.17) is 9.47 Å². The zero-order valence-corrected chi connectivity index (χ0v) is 17.5. The van der Waals surface area contributed by atoms with Gasteiger partial charge in [0.15, 0.2) is 0 Å². The molecule has 0 radical (unpaired) electrons. The highest BCUT2D eigenvalue weighted by molar-refractivity contribution is 5.85. The molecule has 1 aliphatic rings. The van der Waals surface area contributed by atoms with Crippen LogP contribution in [-0.2, 0) is 19.9 Å². The van der Waals surface area contributed by atoms with E-state index < -0.39 is 5.60 Å². The van der Waals surface area contributed by atoms with Crippen LogP contribution in [0.2, 0.25) is 0 Å². The Morgan fingerprint density at radius 2 is 1.48 bits per heavy atom. The van der Waals surface area contributed by atoms with Crippen molar-refractivity contribution in [2.75, 3.05) is 32.8 Å². The lowest BCUT2D eigenvalue weighted by Gasteiger charge is -2.33. The number of carbonyl (C=O) groups excluding carboxylic acids is 1. The smallest absolute Gasteiger partial charge is 0.347 e. The molecule has 156 valence electrons. The predicted molar refractivity (Wildman–Crippen MR) is 116 cm³/mol. The van der Waals surface area contributed by atoms with Gasteiger partial charge in [-0.25, -0.2) is 4.79 Å². The standard InChI is InChI=1S/C25H33NO3/c1-2-20-29-25(22-13-6-3-7-14-22,23-15-8-4-9-16-23)24(27)28-21-12-19-26-17-10-5-11-18-26/h3-4,6-9,13-16H,2,5,10-12,17-21H2,1H3. The average Bonchev–Trinajstić information content (AvgIpc) is 2.79. The van der Waals surface area contributed by atoms with Gasteiger partial charge in [-0.2, -0.15) is 0 Å². The number of piperidine rings is 1. The SMILES string of the molecule is CCCOC(C(=O)OCCCN1CCCCC1)(c1ccccc1)c1ccccc1. The summed E-state index contributed by atoms with van der Waals surface area (Å²) < 4.78 is 12.1. The lowest BCUT2D eigenvalue weighted by atomic mass is 9.86. The fraction of sp³-hybridized carbons (Fsp3) is 0.480. The van der Waals surface area contributed by atoms with Gasteiger partial charge in [-0.15, -0.1) is 0 Å². The van der Waals surface area contributed by atoms with Gasteiger partial charge in [0, 0.05) is 13.2 Å². The molecule has 4 heteroatoms. The van der Waals surface area contributed by atoms with E-state index in [1.807, 2.05) is 67.6 Å². The normalized spacial score (nSPS) is 15.2. The summed E-state index contributed by atoms with van der Waals surface area (Å²) in [5, 5.41) is 0. The number of hydrogen-bond donors (Lipinski definition) is 0. The van der Waals surface area contributed by atoms with Crippen LogP contribution in [0.15, 0.2) is 60.7 Å². The monoisotopic (exact) mass is 395 g/mol. The van der Waals surface area contributed by atoms with Gasteiger partial charge in [0.1, 0.15) is 0 Å². The Morgan fingerprint density at radius 3 is 2.03 bits per heavy atom. The van der Waals surface area contributed by atoms with Gasteiger partial charge in [0.25, 0.3) is 0 Å². The van der Waals surface area contributed by atoms with E-state index >= 15 is 0 Å². The second-order valence-electron chi connectivity index (χ2n) is 7.65. The molecule has 0 aliphatic carbocycles. The molecule has 0 N–H and O–H groups in total. The maximum Gasteiger partial charge on any atom is 0.347 e. The lowest BCUT2D eigenvalue weighted by Crippen LogP contribution is -2.42. The number of benzene rings is 2. The first kappa shape index (κ1) is 21.5. The molecule has 3 rings (SSSR count). The summed E-state index contributed by atoms with van der Waals surface area (Å²) in [5.74, 6) is -0.331. The molecule has 1 saturated heterocycles. The summed E-state index contributed by atoms with van der Waals surface area (Å²) in [7, 11) is 0. The van der Waals surface area contributed by atoms with E-state index in [0.717, 1.165) is 43.6 Å². The van der Waals surface area contributed by atoms with Gasteiger partial charge < -0.3 is 14.4 Å². The summed E-state index contributed by atoms with van der Waals surface area (Å²) >= 11 is 0. The van der Waals surface area contributed by atoms with Crippen LogP contribution >= 0.6 is 0 Å². The quantitative estimate of drug-likeness (QED) is 0.429. The van der Waals surface area contributed by atoms with Crippen LogP contribution in [0.1, 0.15) is 50.2 Å². The van der Waals surface area contributed by atoms with E-state index in [1.165, 1.54) is 19.3 Å². The topological polar surface area (TPSA) is 38.8 Å². The van der Waals surface area contributed by atoms with Crippen LogP contribution in [-0.4, -0.2) is 43.7 Å². The largest absolute Gasteiger partial charge is 0.463 e. The first-order chi connectivity index (χ1) is 14.3. The number of rotatable bonds is 10. The van der Waals surface area contributed by atoms with Crippen LogP contribution in [0.25, 0.3) is 0 Å². The van der Waals surface area contributed by atoms with Crippen molar-refractivity contribution in [1.29, 1.82) is 0 Å². The number of likely N-dealkylation sites (tertiary alicyclic amines) is 1. The van der Waals surface area contributed by atoms with Gasteiger partial charge in [-0.3, -0.25) is 0 Å². The summed E-state index contributed by atoms with van der Waals surface area (Å²) in [6.45, 7) is 6.23. The summed E-state index contributed by atoms with van der Waals surface area (Å²) in [5.41, 5.74) is 0.380. The molecule has 0 bridgehead atoms. The third kappa shape index (κ3) is 5.46. The molecule has 4 nitrogen and oxygen atoms in total. The summed E-state index contributed by atoms with van der Waals surface area (Å²) in [4.78, 5) is 15.9. The number of carbonyl (C=O) groups is 1. The maximum absolute atomic E-state index is 13.5. The van der Waals surface area contributed by atoms with Crippen molar-refractivity contribution in [3.05, 3.63) is 71.8 Å². The van der Waals surface area contributed by atoms with Gasteiger partial charge in [0.2, 0.25) is 5.60 Å². The summed E-state index contributed by atoms with van der Waals surface area (Å²) in [6, 6.07) is 19.4. The third-order valence-electron chi connectivity index (χ3n) is 5.47. The molecule has 2 aromatic rings. The zero-order chi connectivity index (χ0) is 20.4. The molecular weight excluding hydrogens is 362 g/mol. The molecule has 0 saturated carbocycles. The van der Waals surface area contributed by atoms with Crippen molar-refractivity contribution in [2.24, 2.45) is 0 Å². The van der Waals surface area contributed by atoms with Gasteiger partial charge in [-0.05, 0) is 49.9 Å². The first-order valence-electron chi connectivity index (χ1n) is 10.9. The molecule has 0 atom stereocenters. The number of esters is 1. The molecule has 0 spiro atoms. The minimum absolute atomic E-state index is 0.331. The van der Waals surface area contributed by atoms with Crippen molar-refractivity contribution in [3.8, 4) is 0 Å². The summed E-state index contributed by atoms with van der Waals surface area (Å²) in [6.07, 6.45) is 5.55. The highest BCUT2D eigenvalue weighted by Gasteiger charge is 2.44. The maximum atomic E-state index is 13.5. The highest BCUT2D eigenvalue weighted by atomic mass is 16.6. The highest BCUT2D eigenvalue weighted by Crippen LogP contribution is 2.35. The second kappa shape index (κ2) is 11.1. The van der Waals surface area contributed by atoms with Crippen LogP contribution in [0.5, 0.6) is 0 Å². The van der Waals surface area contributed by atoms with Gasteiger partial charge >= 0.3 is 5.97 Å². The molecule has 1 aliphatic heterocycles. The lowest BCUT2D eigenvalue weighted by molar-refractivity contribution is -0.169. The fourth-order valence-electron chi connectivity index (χ4n) is 3.97. The fourth-order valence-corrected chi connectivity index (χ4v) is 3.97. The Kier molecular flexibility index (Phi) is 8.26. The first-order valence-corrected chi connectivity index (χ1v) is 10.9. The minimum Gasteiger partial charge on any atom is -0.463 e. The van der Waals surface area contributed by atoms with Crippen molar-refractivity contribution < 1.29 is 14.3 Å². The van der Waals surface area contributed by atoms with E-state index in [0.29, 0.717) is 13.2 Å². The van der Waals surface area contributed by atoms with Crippen LogP contribution < -0.4 is 0 Å². The van der Waals surface area contributed by atoms with Crippen LogP contribution in [0.4, 0.5) is 0 Å². The third-order valence-corrected chi connectivity index (χ3v) is 5.47. The van der Waals surface area contributed by atoms with Gasteiger partial charge in [0.05, 0.1) is 6.61 Å². The van der Waals surface area contributed by atoms with Crippen LogP contribution in [0.3, 0.4) is 0 Å². The number of nitrogens with zero attached hydrogens (tertiary/aromatic N) is 1. The second-order valence-corrected chi connectivity index (χ2v) is 7.65. The van der Waals surface area contributed by atoms with Crippen molar-refractivity contribution >= 4 is 5.97 Å². The zero-order valence-electron chi connectivity index (χ0n) is 17.5. The average molecular weight is 396 g/mol. The van der Waals surface area contributed by atoms with E-state index in [1.54, 1.807) is 0 Å². The number of ether oxygens (including phenoxy) is 2. The van der Waals surface area contributed by atoms with E-state index in [-0.39, 0.29) is 5.97 Å². The van der Waals surface area contributed by atoms with E-state index in [2.05, 4.69) is 4.90 Å². The van der Waals surface area contributed by atoms with Crippen molar-refractivity contribution in [1.82, 2.24) is 4.90 Å². The molecular formula is C25H33NO3. The Labute approximate surface area is 174 Å². The molecule has 1 fully saturated rings. The Bertz CT molecular complexity index is 687. The molecule has 0 aromatic heterocycles. The molecule has 29 heavy (non-hydrogen) atoms. The molecule has 0 unspecified atom stereocenters. The number of hydrogen-bond acceptors (Lipinski definition) is 4. The molecule has 0 amide bonds. The molecule has 2 aromatic carbocycles. The Morgan fingerprint density at radius 1 is 0.897 bits per heavy atom. The van der Waals surface area contributed by atoms with Gasteiger partial charge in [-0.1, -0.05) is 74.0 Å². The van der Waals surface area contributed by atoms with Crippen molar-refractivity contribution in [3.63, 3.8) is 0 Å². The van der Waals surface area contributed by atoms with Crippen LogP contribution in [0, 0.1) is 0 Å². The van der Waals surface area contributed by atoms with E-state index in [9.17, 15) is 4.79 Å². The predicted octanol–water partition coefficient (Wildman–Crippen LogP) is 4.78. The Hall–Kier alpha value is -2.17. The minimum atomic E-state index is -1.23. The molecule has 1 heterocycles.